The van der Waals surface area contributed by atoms with E-state index in [2.05, 4.69) is 6.92 Å². The zero-order valence-electron chi connectivity index (χ0n) is 16.0. The Morgan fingerprint density at radius 3 is 2.37 bits per heavy atom. The van der Waals surface area contributed by atoms with Crippen molar-refractivity contribution in [3.63, 3.8) is 0 Å². The Morgan fingerprint density at radius 2 is 1.67 bits per heavy atom. The van der Waals surface area contributed by atoms with Gasteiger partial charge in [-0.1, -0.05) is 57.2 Å². The molecule has 0 saturated carbocycles. The Kier molecular flexibility index (Phi) is 10.4. The first-order valence-corrected chi connectivity index (χ1v) is 10.4. The summed E-state index contributed by atoms with van der Waals surface area (Å²) in [5.74, 6) is 0.150. The second-order valence-electron chi connectivity index (χ2n) is 6.34. The quantitative estimate of drug-likeness (QED) is 0.373. The SMILES string of the molecule is CCCCCCCCc1ccccc1Oc1cc([O-])cc(S(=O)(=O)O)c1.[Na+]. The normalized spacial score (nSPS) is 11.0. The first kappa shape index (κ1) is 24.0. The van der Waals surface area contributed by atoms with Crippen molar-refractivity contribution in [3.05, 3.63) is 48.0 Å². The van der Waals surface area contributed by atoms with Gasteiger partial charge in [-0.15, -0.1) is 5.75 Å². The van der Waals surface area contributed by atoms with Crippen LogP contribution in [0.2, 0.25) is 0 Å². The molecule has 0 fully saturated rings. The first-order chi connectivity index (χ1) is 12.4. The van der Waals surface area contributed by atoms with E-state index in [1.54, 1.807) is 6.07 Å². The Labute approximate surface area is 183 Å². The van der Waals surface area contributed by atoms with Crippen LogP contribution in [0.25, 0.3) is 0 Å². The second kappa shape index (κ2) is 11.7. The van der Waals surface area contributed by atoms with E-state index in [4.69, 9.17) is 9.29 Å². The molecule has 0 unspecified atom stereocenters. The van der Waals surface area contributed by atoms with Gasteiger partial charge in [0, 0.05) is 6.07 Å². The van der Waals surface area contributed by atoms with Crippen LogP contribution in [0.5, 0.6) is 17.2 Å². The Hall–Kier alpha value is -1.05. The number of ether oxygens (including phenoxy) is 1. The molecule has 5 nitrogen and oxygen atoms in total. The van der Waals surface area contributed by atoms with Crippen LogP contribution in [0, 0.1) is 0 Å². The summed E-state index contributed by atoms with van der Waals surface area (Å²) in [6.07, 6.45) is 8.00. The molecule has 0 aliphatic rings. The van der Waals surface area contributed by atoms with E-state index in [0.29, 0.717) is 5.75 Å². The molecule has 0 aromatic heterocycles. The fourth-order valence-corrected chi connectivity index (χ4v) is 3.32. The topological polar surface area (TPSA) is 86.7 Å². The number of hydrogen-bond acceptors (Lipinski definition) is 4. The van der Waals surface area contributed by atoms with Crippen LogP contribution >= 0.6 is 0 Å². The summed E-state index contributed by atoms with van der Waals surface area (Å²) in [5, 5.41) is 11.7. The molecule has 27 heavy (non-hydrogen) atoms. The molecular formula is C20H25NaO5S. The summed E-state index contributed by atoms with van der Waals surface area (Å²) in [4.78, 5) is -0.464. The molecule has 0 radical (unpaired) electrons. The standard InChI is InChI=1S/C20H26O5S.Na/c1-2-3-4-5-6-7-10-16-11-8-9-12-20(16)25-18-13-17(21)14-19(15-18)26(22,23)24;/h8-9,11-15,21H,2-7,10H2,1H3,(H,22,23,24);/q;+1/p-1. The Morgan fingerprint density at radius 1 is 1.00 bits per heavy atom. The molecule has 7 heteroatoms. The van der Waals surface area contributed by atoms with Crippen molar-refractivity contribution >= 4 is 10.1 Å². The summed E-state index contributed by atoms with van der Waals surface area (Å²) >= 11 is 0. The third-order valence-corrected chi connectivity index (χ3v) is 4.98. The van der Waals surface area contributed by atoms with Gasteiger partial charge in [-0.3, -0.25) is 4.55 Å². The minimum absolute atomic E-state index is 0. The maximum absolute atomic E-state index is 11.7. The molecule has 0 bridgehead atoms. The van der Waals surface area contributed by atoms with E-state index in [9.17, 15) is 13.5 Å². The van der Waals surface area contributed by atoms with Crippen LogP contribution in [0.3, 0.4) is 0 Å². The van der Waals surface area contributed by atoms with Gasteiger partial charge in [-0.2, -0.15) is 8.42 Å². The average Bonchev–Trinajstić information content (AvgIpc) is 2.58. The zero-order chi connectivity index (χ0) is 19.0. The first-order valence-electron chi connectivity index (χ1n) is 8.95. The zero-order valence-corrected chi connectivity index (χ0v) is 18.8. The number of para-hydroxylation sites is 1. The van der Waals surface area contributed by atoms with Gasteiger partial charge in [0.25, 0.3) is 10.1 Å². The number of hydrogen-bond donors (Lipinski definition) is 1. The van der Waals surface area contributed by atoms with Crippen molar-refractivity contribution in [1.29, 1.82) is 0 Å². The summed E-state index contributed by atoms with van der Waals surface area (Å²) in [6, 6.07) is 10.7. The van der Waals surface area contributed by atoms with Crippen LogP contribution in [0.15, 0.2) is 47.4 Å². The fourth-order valence-electron chi connectivity index (χ4n) is 2.79. The van der Waals surface area contributed by atoms with Gasteiger partial charge in [-0.25, -0.2) is 0 Å². The molecule has 0 saturated heterocycles. The van der Waals surface area contributed by atoms with E-state index in [-0.39, 0.29) is 35.3 Å². The van der Waals surface area contributed by atoms with Gasteiger partial charge < -0.3 is 9.84 Å². The van der Waals surface area contributed by atoms with E-state index in [1.807, 2.05) is 18.2 Å². The van der Waals surface area contributed by atoms with Crippen LogP contribution in [-0.4, -0.2) is 13.0 Å². The molecule has 0 spiro atoms. The number of rotatable bonds is 10. The van der Waals surface area contributed by atoms with Crippen LogP contribution in [-0.2, 0) is 16.5 Å². The summed E-state index contributed by atoms with van der Waals surface area (Å²) in [7, 11) is -4.46. The molecule has 0 heterocycles. The molecule has 2 aromatic carbocycles. The molecule has 0 aliphatic carbocycles. The smallest absolute Gasteiger partial charge is 0.872 e. The van der Waals surface area contributed by atoms with Crippen molar-refractivity contribution in [2.75, 3.05) is 0 Å². The maximum Gasteiger partial charge on any atom is 1.00 e. The van der Waals surface area contributed by atoms with Gasteiger partial charge in [0.15, 0.2) is 0 Å². The molecular weight excluding hydrogens is 375 g/mol. The third kappa shape index (κ3) is 8.23. The van der Waals surface area contributed by atoms with Crippen molar-refractivity contribution in [2.24, 2.45) is 0 Å². The summed E-state index contributed by atoms with van der Waals surface area (Å²) < 4.78 is 37.4. The number of unbranched alkanes of at least 4 members (excludes halogenated alkanes) is 5. The third-order valence-electron chi connectivity index (χ3n) is 4.15. The van der Waals surface area contributed by atoms with Gasteiger partial charge in [0.05, 0.1) is 4.90 Å². The molecule has 1 N–H and O–H groups in total. The minimum atomic E-state index is -4.46. The molecule has 0 aliphatic heterocycles. The fraction of sp³-hybridized carbons (Fsp3) is 0.400. The monoisotopic (exact) mass is 400 g/mol. The molecule has 2 aromatic rings. The van der Waals surface area contributed by atoms with Crippen molar-refractivity contribution in [3.8, 4) is 17.2 Å². The van der Waals surface area contributed by atoms with Gasteiger partial charge in [0.2, 0.25) is 0 Å². The summed E-state index contributed by atoms with van der Waals surface area (Å²) in [5.41, 5.74) is 1.01. The number of benzene rings is 2. The van der Waals surface area contributed by atoms with E-state index < -0.39 is 20.8 Å². The molecule has 142 valence electrons. The van der Waals surface area contributed by atoms with Crippen molar-refractivity contribution < 1.29 is 52.4 Å². The van der Waals surface area contributed by atoms with Crippen LogP contribution in [0.1, 0.15) is 51.0 Å². The van der Waals surface area contributed by atoms with Crippen molar-refractivity contribution in [1.82, 2.24) is 0 Å². The second-order valence-corrected chi connectivity index (χ2v) is 7.76. The Bertz CT molecular complexity index is 821. The number of aryl methyl sites for hydroxylation is 1. The van der Waals surface area contributed by atoms with Gasteiger partial charge in [0.1, 0.15) is 11.5 Å². The molecule has 2 rings (SSSR count). The van der Waals surface area contributed by atoms with Crippen molar-refractivity contribution in [2.45, 2.75) is 56.8 Å². The maximum atomic E-state index is 11.7. The average molecular weight is 400 g/mol. The molecule has 0 atom stereocenters. The predicted octanol–water partition coefficient (Wildman–Crippen LogP) is 1.71. The Balaban J connectivity index is 0.00000364. The van der Waals surface area contributed by atoms with Crippen LogP contribution < -0.4 is 39.4 Å². The largest absolute Gasteiger partial charge is 1.00 e. The minimum Gasteiger partial charge on any atom is -0.872 e. The van der Waals surface area contributed by atoms with E-state index >= 15 is 0 Å². The van der Waals surface area contributed by atoms with Gasteiger partial charge in [-0.05, 0) is 36.6 Å². The summed E-state index contributed by atoms with van der Waals surface area (Å²) in [6.45, 7) is 2.19. The van der Waals surface area contributed by atoms with Crippen LogP contribution in [0.4, 0.5) is 0 Å². The molecule has 0 amide bonds. The van der Waals surface area contributed by atoms with Gasteiger partial charge >= 0.3 is 29.6 Å². The predicted molar refractivity (Wildman–Crippen MR) is 99.3 cm³/mol. The van der Waals surface area contributed by atoms with E-state index in [1.165, 1.54) is 31.7 Å². The van der Waals surface area contributed by atoms with E-state index in [0.717, 1.165) is 37.0 Å².